The summed E-state index contributed by atoms with van der Waals surface area (Å²) < 4.78 is 28.8. The molecule has 2 rings (SSSR count). The lowest BCUT2D eigenvalue weighted by Gasteiger charge is -2.08. The summed E-state index contributed by atoms with van der Waals surface area (Å²) in [6, 6.07) is 11.2. The molecule has 0 aromatic heterocycles. The largest absolute Gasteiger partial charge is 0.456 e. The Hall–Kier alpha value is -0.750. The van der Waals surface area contributed by atoms with Gasteiger partial charge in [0.25, 0.3) is 9.05 Å². The molecule has 0 radical (unpaired) electrons. The smallest absolute Gasteiger partial charge is 0.261 e. The van der Waals surface area contributed by atoms with E-state index in [2.05, 4.69) is 15.9 Å². The maximum absolute atomic E-state index is 11.2. The summed E-state index contributed by atoms with van der Waals surface area (Å²) in [5.41, 5.74) is 0. The normalized spacial score (nSPS) is 11.3. The minimum atomic E-state index is -3.79. The van der Waals surface area contributed by atoms with Gasteiger partial charge in [-0.3, -0.25) is 0 Å². The zero-order valence-corrected chi connectivity index (χ0v) is 13.2. The van der Waals surface area contributed by atoms with Crippen molar-refractivity contribution in [1.29, 1.82) is 0 Å². The van der Waals surface area contributed by atoms with Gasteiger partial charge in [-0.2, -0.15) is 0 Å². The third-order valence-corrected chi connectivity index (χ3v) is 4.40. The second kappa shape index (κ2) is 5.71. The molecule has 7 heteroatoms. The van der Waals surface area contributed by atoms with Crippen LogP contribution < -0.4 is 4.74 Å². The van der Waals surface area contributed by atoms with Gasteiger partial charge in [-0.05, 0) is 42.5 Å². The summed E-state index contributed by atoms with van der Waals surface area (Å²) in [6.45, 7) is 0. The molecule has 0 atom stereocenters. The van der Waals surface area contributed by atoms with E-state index in [4.69, 9.17) is 27.0 Å². The van der Waals surface area contributed by atoms with Crippen molar-refractivity contribution in [3.05, 3.63) is 52.0 Å². The summed E-state index contributed by atoms with van der Waals surface area (Å²) in [5, 5.41) is 0.171. The number of hydrogen-bond donors (Lipinski definition) is 0. The Labute approximate surface area is 128 Å². The number of benzene rings is 2. The van der Waals surface area contributed by atoms with Gasteiger partial charge in [0, 0.05) is 15.2 Å². The molecule has 0 aliphatic carbocycles. The second-order valence-electron chi connectivity index (χ2n) is 3.59. The van der Waals surface area contributed by atoms with Crippen molar-refractivity contribution in [2.75, 3.05) is 0 Å². The molecule has 0 aliphatic rings. The first kappa shape index (κ1) is 14.7. The molecule has 0 bridgehead atoms. The molecule has 0 heterocycles. The Bertz CT molecular complexity index is 699. The molecule has 0 fully saturated rings. The van der Waals surface area contributed by atoms with Gasteiger partial charge < -0.3 is 4.74 Å². The number of hydrogen-bond acceptors (Lipinski definition) is 3. The van der Waals surface area contributed by atoms with Gasteiger partial charge in [0.2, 0.25) is 0 Å². The fourth-order valence-corrected chi connectivity index (χ4v) is 2.67. The molecule has 19 heavy (non-hydrogen) atoms. The first-order valence-electron chi connectivity index (χ1n) is 5.04. The van der Waals surface area contributed by atoms with Crippen LogP contribution in [0.1, 0.15) is 0 Å². The summed E-state index contributed by atoms with van der Waals surface area (Å²) in [5.74, 6) is 0.944. The van der Waals surface area contributed by atoms with Gasteiger partial charge >= 0.3 is 0 Å². The highest BCUT2D eigenvalue weighted by Gasteiger charge is 2.13. The van der Waals surface area contributed by atoms with Crippen LogP contribution in [0.3, 0.4) is 0 Å². The highest BCUT2D eigenvalue weighted by atomic mass is 79.9. The van der Waals surface area contributed by atoms with E-state index in [1.807, 2.05) is 12.1 Å². The van der Waals surface area contributed by atoms with E-state index in [9.17, 15) is 8.42 Å². The van der Waals surface area contributed by atoms with E-state index in [-0.39, 0.29) is 9.92 Å². The highest BCUT2D eigenvalue weighted by molar-refractivity contribution is 9.10. The molecular weight excluding hydrogens is 375 g/mol. The first-order valence-corrected chi connectivity index (χ1v) is 8.52. The van der Waals surface area contributed by atoms with Gasteiger partial charge in [0.05, 0.1) is 9.92 Å². The molecule has 0 unspecified atom stereocenters. The van der Waals surface area contributed by atoms with E-state index in [1.54, 1.807) is 12.1 Å². The van der Waals surface area contributed by atoms with Crippen molar-refractivity contribution in [3.63, 3.8) is 0 Å². The fraction of sp³-hybridized carbons (Fsp3) is 0. The van der Waals surface area contributed by atoms with Gasteiger partial charge in [0.15, 0.2) is 0 Å². The molecule has 0 amide bonds. The molecule has 2 aromatic carbocycles. The highest BCUT2D eigenvalue weighted by Crippen LogP contribution is 2.32. The molecule has 100 valence electrons. The Kier molecular flexibility index (Phi) is 4.40. The predicted molar refractivity (Wildman–Crippen MR) is 78.7 cm³/mol. The Morgan fingerprint density at radius 3 is 2.21 bits per heavy atom. The van der Waals surface area contributed by atoms with Crippen LogP contribution in [-0.4, -0.2) is 8.42 Å². The molecular formula is C12H7BrCl2O3S. The van der Waals surface area contributed by atoms with Crippen molar-refractivity contribution in [2.24, 2.45) is 0 Å². The van der Waals surface area contributed by atoms with Crippen molar-refractivity contribution < 1.29 is 13.2 Å². The van der Waals surface area contributed by atoms with E-state index >= 15 is 0 Å². The summed E-state index contributed by atoms with van der Waals surface area (Å²) in [6.07, 6.45) is 0. The van der Waals surface area contributed by atoms with Crippen LogP contribution in [0.25, 0.3) is 0 Å². The Balaban J connectivity index is 2.29. The zero-order chi connectivity index (χ0) is 14.0. The summed E-state index contributed by atoms with van der Waals surface area (Å²) >= 11 is 9.27. The van der Waals surface area contributed by atoms with Crippen molar-refractivity contribution in [3.8, 4) is 11.5 Å². The predicted octanol–water partition coefficient (Wildman–Crippen LogP) is 4.82. The molecule has 0 N–H and O–H groups in total. The number of ether oxygens (including phenoxy) is 1. The molecule has 0 saturated carbocycles. The molecule has 0 aliphatic heterocycles. The lowest BCUT2D eigenvalue weighted by molar-refractivity contribution is 0.482. The SMILES string of the molecule is O=S(=O)(Cl)c1ccc(Oc2ccc(Br)cc2)c(Cl)c1. The van der Waals surface area contributed by atoms with Crippen LogP contribution in [-0.2, 0) is 9.05 Å². The fourth-order valence-electron chi connectivity index (χ4n) is 1.35. The standard InChI is InChI=1S/C12H7BrCl2O3S/c13-8-1-3-9(4-2-8)18-12-6-5-10(7-11(12)14)19(15,16)17/h1-7H. The van der Waals surface area contributed by atoms with Crippen LogP contribution in [0.2, 0.25) is 5.02 Å². The molecule has 2 aromatic rings. The van der Waals surface area contributed by atoms with E-state index in [0.29, 0.717) is 11.5 Å². The van der Waals surface area contributed by atoms with Gasteiger partial charge in [-0.15, -0.1) is 0 Å². The van der Waals surface area contributed by atoms with E-state index < -0.39 is 9.05 Å². The zero-order valence-electron chi connectivity index (χ0n) is 9.31. The van der Waals surface area contributed by atoms with Crippen LogP contribution in [0, 0.1) is 0 Å². The molecule has 0 spiro atoms. The maximum atomic E-state index is 11.2. The summed E-state index contributed by atoms with van der Waals surface area (Å²) in [4.78, 5) is -0.0673. The first-order chi connectivity index (χ1) is 8.86. The third kappa shape index (κ3) is 3.86. The number of rotatable bonds is 3. The second-order valence-corrected chi connectivity index (χ2v) is 7.47. The van der Waals surface area contributed by atoms with Gasteiger partial charge in [-0.1, -0.05) is 27.5 Å². The molecule has 3 nitrogen and oxygen atoms in total. The maximum Gasteiger partial charge on any atom is 0.261 e. The molecule has 0 saturated heterocycles. The lowest BCUT2D eigenvalue weighted by atomic mass is 10.3. The number of halogens is 3. The van der Waals surface area contributed by atoms with E-state index in [0.717, 1.165) is 4.47 Å². The lowest BCUT2D eigenvalue weighted by Crippen LogP contribution is -1.92. The van der Waals surface area contributed by atoms with Crippen LogP contribution in [0.5, 0.6) is 11.5 Å². The average Bonchev–Trinajstić information content (AvgIpc) is 2.33. The van der Waals surface area contributed by atoms with Crippen molar-refractivity contribution in [1.82, 2.24) is 0 Å². The van der Waals surface area contributed by atoms with Crippen LogP contribution in [0.4, 0.5) is 0 Å². The Morgan fingerprint density at radius 1 is 1.05 bits per heavy atom. The van der Waals surface area contributed by atoms with Gasteiger partial charge in [-0.25, -0.2) is 8.42 Å². The van der Waals surface area contributed by atoms with Gasteiger partial charge in [0.1, 0.15) is 11.5 Å². The third-order valence-electron chi connectivity index (χ3n) is 2.23. The minimum absolute atomic E-state index is 0.0673. The van der Waals surface area contributed by atoms with Crippen LogP contribution >= 0.6 is 38.2 Å². The minimum Gasteiger partial charge on any atom is -0.456 e. The van der Waals surface area contributed by atoms with Crippen molar-refractivity contribution in [2.45, 2.75) is 4.90 Å². The average molecular weight is 382 g/mol. The topological polar surface area (TPSA) is 43.4 Å². The Morgan fingerprint density at radius 2 is 1.68 bits per heavy atom. The summed E-state index contributed by atoms with van der Waals surface area (Å²) in [7, 11) is 1.43. The van der Waals surface area contributed by atoms with Crippen molar-refractivity contribution >= 4 is 47.3 Å². The monoisotopic (exact) mass is 380 g/mol. The van der Waals surface area contributed by atoms with Crippen LogP contribution in [0.15, 0.2) is 51.8 Å². The van der Waals surface area contributed by atoms with E-state index in [1.165, 1.54) is 18.2 Å². The quantitative estimate of drug-likeness (QED) is 0.715.